The normalized spacial score (nSPS) is 20.2. The predicted molar refractivity (Wildman–Crippen MR) is 116 cm³/mol. The number of aryl methyl sites for hydroxylation is 1. The molecule has 28 heavy (non-hydrogen) atoms. The minimum atomic E-state index is -0.265. The zero-order valence-corrected chi connectivity index (χ0v) is 17.7. The fraction of sp³-hybridized carbons (Fsp3) is 0.609. The smallest absolute Gasteiger partial charge is 0.243 e. The average molecular weight is 386 g/mol. The predicted octanol–water partition coefficient (Wildman–Crippen LogP) is 3.72. The highest BCUT2D eigenvalue weighted by molar-refractivity contribution is 5.98. The number of amides is 1. The summed E-state index contributed by atoms with van der Waals surface area (Å²) in [5, 5.41) is 14.2. The van der Waals surface area contributed by atoms with Gasteiger partial charge in [-0.3, -0.25) is 4.79 Å². The lowest BCUT2D eigenvalue weighted by atomic mass is 10.0. The number of aromatic nitrogens is 1. The topological polar surface area (TPSA) is 57.5 Å². The lowest BCUT2D eigenvalue weighted by Gasteiger charge is -2.32. The number of likely N-dealkylation sites (N-methyl/N-ethyl adjacent to an activating group) is 1. The standard InChI is InChI=1S/C23H35N3O2/c1-5-6-7-8-12-26-14-17-13-18(15-27)24-23(28)22(16(2)3)25(4)19-10-9-11-20(26)21(17)19/h9-11,14,16,18,22,27H,5-8,12-13,15H2,1-4H3,(H,24,28)/t18-,22+/m1/s1. The van der Waals surface area contributed by atoms with Crippen LogP contribution in [-0.2, 0) is 17.8 Å². The minimum absolute atomic E-state index is 0.00820. The molecule has 1 aliphatic rings. The third kappa shape index (κ3) is 4.04. The van der Waals surface area contributed by atoms with Gasteiger partial charge in [-0.15, -0.1) is 0 Å². The Labute approximate surface area is 168 Å². The number of benzene rings is 1. The van der Waals surface area contributed by atoms with E-state index in [2.05, 4.69) is 60.0 Å². The summed E-state index contributed by atoms with van der Waals surface area (Å²) in [5.41, 5.74) is 3.54. The summed E-state index contributed by atoms with van der Waals surface area (Å²) in [6, 6.07) is 5.87. The number of aliphatic hydroxyl groups excluding tert-OH is 1. The maximum absolute atomic E-state index is 12.9. The molecule has 2 N–H and O–H groups in total. The second-order valence-electron chi connectivity index (χ2n) is 8.47. The lowest BCUT2D eigenvalue weighted by Crippen LogP contribution is -2.52. The molecule has 0 spiro atoms. The molecule has 0 saturated heterocycles. The Bertz CT molecular complexity index is 812. The second kappa shape index (κ2) is 8.99. The monoisotopic (exact) mass is 385 g/mol. The summed E-state index contributed by atoms with van der Waals surface area (Å²) in [5.74, 6) is 0.156. The Balaban J connectivity index is 2.08. The Hall–Kier alpha value is -2.01. The van der Waals surface area contributed by atoms with Gasteiger partial charge in [0.25, 0.3) is 0 Å². The molecule has 0 bridgehead atoms. The van der Waals surface area contributed by atoms with Crippen LogP contribution >= 0.6 is 0 Å². The first-order valence-corrected chi connectivity index (χ1v) is 10.7. The highest BCUT2D eigenvalue weighted by Crippen LogP contribution is 2.35. The molecule has 1 aromatic heterocycles. The van der Waals surface area contributed by atoms with Gasteiger partial charge in [-0.05, 0) is 36.5 Å². The molecule has 1 aromatic carbocycles. The molecular formula is C23H35N3O2. The Morgan fingerprint density at radius 2 is 2.04 bits per heavy atom. The van der Waals surface area contributed by atoms with E-state index >= 15 is 0 Å². The highest BCUT2D eigenvalue weighted by atomic mass is 16.3. The van der Waals surface area contributed by atoms with Gasteiger partial charge in [0.2, 0.25) is 5.91 Å². The third-order valence-electron chi connectivity index (χ3n) is 5.95. The molecule has 2 heterocycles. The zero-order valence-electron chi connectivity index (χ0n) is 17.7. The number of unbranched alkanes of at least 4 members (excludes halogenated alkanes) is 3. The number of rotatable bonds is 7. The summed E-state index contributed by atoms with van der Waals surface area (Å²) >= 11 is 0. The molecule has 0 unspecified atom stereocenters. The van der Waals surface area contributed by atoms with Crippen molar-refractivity contribution in [2.45, 2.75) is 71.5 Å². The van der Waals surface area contributed by atoms with E-state index in [4.69, 9.17) is 0 Å². The summed E-state index contributed by atoms with van der Waals surface area (Å²) in [6.07, 6.45) is 7.81. The van der Waals surface area contributed by atoms with E-state index in [0.29, 0.717) is 6.42 Å². The lowest BCUT2D eigenvalue weighted by molar-refractivity contribution is -0.124. The van der Waals surface area contributed by atoms with Crippen LogP contribution in [0.4, 0.5) is 5.69 Å². The van der Waals surface area contributed by atoms with Crippen molar-refractivity contribution in [1.29, 1.82) is 0 Å². The largest absolute Gasteiger partial charge is 0.394 e. The number of aliphatic hydroxyl groups is 1. The summed E-state index contributed by atoms with van der Waals surface area (Å²) in [4.78, 5) is 15.1. The van der Waals surface area contributed by atoms with Crippen LogP contribution in [0.2, 0.25) is 0 Å². The van der Waals surface area contributed by atoms with Crippen molar-refractivity contribution >= 4 is 22.5 Å². The van der Waals surface area contributed by atoms with Crippen molar-refractivity contribution in [2.24, 2.45) is 5.92 Å². The van der Waals surface area contributed by atoms with Gasteiger partial charge in [0, 0.05) is 30.9 Å². The molecule has 1 aliphatic heterocycles. The van der Waals surface area contributed by atoms with Crippen LogP contribution in [0.3, 0.4) is 0 Å². The first-order valence-electron chi connectivity index (χ1n) is 10.7. The van der Waals surface area contributed by atoms with Crippen molar-refractivity contribution in [3.05, 3.63) is 30.0 Å². The molecule has 1 amide bonds. The molecule has 154 valence electrons. The number of hydrogen-bond donors (Lipinski definition) is 2. The number of carbonyl (C=O) groups excluding carboxylic acids is 1. The van der Waals surface area contributed by atoms with Crippen molar-refractivity contribution in [3.8, 4) is 0 Å². The number of nitrogens with zero attached hydrogens (tertiary/aromatic N) is 2. The Kier molecular flexibility index (Phi) is 6.65. The molecule has 0 saturated carbocycles. The fourth-order valence-corrected chi connectivity index (χ4v) is 4.55. The van der Waals surface area contributed by atoms with Gasteiger partial charge in [0.15, 0.2) is 0 Å². The average Bonchev–Trinajstić information content (AvgIpc) is 3.02. The van der Waals surface area contributed by atoms with Crippen LogP contribution in [0.5, 0.6) is 0 Å². The van der Waals surface area contributed by atoms with Crippen molar-refractivity contribution < 1.29 is 9.90 Å². The molecular weight excluding hydrogens is 350 g/mol. The summed E-state index contributed by atoms with van der Waals surface area (Å²) in [7, 11) is 2.01. The van der Waals surface area contributed by atoms with E-state index in [1.54, 1.807) is 0 Å². The van der Waals surface area contributed by atoms with Crippen LogP contribution in [0.25, 0.3) is 10.9 Å². The number of hydrogen-bond acceptors (Lipinski definition) is 3. The summed E-state index contributed by atoms with van der Waals surface area (Å²) in [6.45, 7) is 7.34. The highest BCUT2D eigenvalue weighted by Gasteiger charge is 2.32. The maximum atomic E-state index is 12.9. The van der Waals surface area contributed by atoms with Gasteiger partial charge in [-0.2, -0.15) is 0 Å². The van der Waals surface area contributed by atoms with Crippen molar-refractivity contribution in [2.75, 3.05) is 18.6 Å². The van der Waals surface area contributed by atoms with Crippen LogP contribution in [0.15, 0.2) is 24.4 Å². The van der Waals surface area contributed by atoms with E-state index in [9.17, 15) is 9.90 Å². The second-order valence-corrected chi connectivity index (χ2v) is 8.47. The first-order chi connectivity index (χ1) is 13.5. The zero-order chi connectivity index (χ0) is 20.3. The van der Waals surface area contributed by atoms with E-state index < -0.39 is 0 Å². The van der Waals surface area contributed by atoms with Gasteiger partial charge in [-0.25, -0.2) is 0 Å². The van der Waals surface area contributed by atoms with Crippen LogP contribution in [-0.4, -0.2) is 41.3 Å². The van der Waals surface area contributed by atoms with Crippen LogP contribution in [0.1, 0.15) is 52.0 Å². The quantitative estimate of drug-likeness (QED) is 0.714. The molecule has 3 rings (SSSR count). The van der Waals surface area contributed by atoms with E-state index in [1.807, 2.05) is 7.05 Å². The molecule has 2 aromatic rings. The molecule has 2 atom stereocenters. The van der Waals surface area contributed by atoms with Gasteiger partial charge in [0.05, 0.1) is 18.2 Å². The van der Waals surface area contributed by atoms with Gasteiger partial charge >= 0.3 is 0 Å². The number of carbonyl (C=O) groups is 1. The SMILES string of the molecule is CCCCCCn1cc2c3c(cccc31)N(C)[C@@H](C(C)C)C(=O)N[C@@H](CO)C2. The third-order valence-corrected chi connectivity index (χ3v) is 5.95. The minimum Gasteiger partial charge on any atom is -0.394 e. The Morgan fingerprint density at radius 3 is 2.71 bits per heavy atom. The van der Waals surface area contributed by atoms with E-state index in [1.165, 1.54) is 42.1 Å². The fourth-order valence-electron chi connectivity index (χ4n) is 4.55. The Morgan fingerprint density at radius 1 is 1.25 bits per heavy atom. The summed E-state index contributed by atoms with van der Waals surface area (Å²) < 4.78 is 2.36. The van der Waals surface area contributed by atoms with Gasteiger partial charge in [-0.1, -0.05) is 46.1 Å². The van der Waals surface area contributed by atoms with Gasteiger partial charge in [0.1, 0.15) is 6.04 Å². The molecule has 5 heteroatoms. The first kappa shape index (κ1) is 20.7. The van der Waals surface area contributed by atoms with E-state index in [-0.39, 0.29) is 30.5 Å². The molecule has 5 nitrogen and oxygen atoms in total. The molecule has 0 aliphatic carbocycles. The number of nitrogens with one attached hydrogen (secondary N) is 1. The molecule has 0 fully saturated rings. The van der Waals surface area contributed by atoms with E-state index in [0.717, 1.165) is 12.2 Å². The molecule has 0 radical (unpaired) electrons. The number of anilines is 1. The van der Waals surface area contributed by atoms with Crippen molar-refractivity contribution in [1.82, 2.24) is 9.88 Å². The maximum Gasteiger partial charge on any atom is 0.243 e. The van der Waals surface area contributed by atoms with Crippen molar-refractivity contribution in [3.63, 3.8) is 0 Å². The van der Waals surface area contributed by atoms with Crippen LogP contribution in [0, 0.1) is 5.92 Å². The van der Waals surface area contributed by atoms with Gasteiger partial charge < -0.3 is 19.9 Å². The van der Waals surface area contributed by atoms with Crippen LogP contribution < -0.4 is 10.2 Å².